The highest BCUT2D eigenvalue weighted by Gasteiger charge is 2.20. The van der Waals surface area contributed by atoms with Gasteiger partial charge in [0.25, 0.3) is 5.56 Å². The van der Waals surface area contributed by atoms with Crippen LogP contribution in [0.2, 0.25) is 0 Å². The minimum Gasteiger partial charge on any atom is -0.492 e. The fourth-order valence-electron chi connectivity index (χ4n) is 3.14. The first-order chi connectivity index (χ1) is 13.1. The minimum absolute atomic E-state index is 0.0255. The van der Waals surface area contributed by atoms with Crippen LogP contribution in [0.3, 0.4) is 0 Å². The van der Waals surface area contributed by atoms with Crippen molar-refractivity contribution in [2.45, 2.75) is 13.1 Å². The van der Waals surface area contributed by atoms with Crippen molar-refractivity contribution in [3.63, 3.8) is 0 Å². The molecule has 0 saturated carbocycles. The van der Waals surface area contributed by atoms with Crippen LogP contribution in [-0.4, -0.2) is 52.4 Å². The monoisotopic (exact) mass is 384 g/mol. The average Bonchev–Trinajstić information content (AvgIpc) is 3.02. The first-order valence-corrected chi connectivity index (χ1v) is 9.61. The number of likely N-dealkylation sites (N-methyl/N-ethyl adjacent to an activating group) is 1. The number of ether oxygens (including phenoxy) is 1. The molecule has 1 aliphatic heterocycles. The van der Waals surface area contributed by atoms with E-state index in [9.17, 15) is 9.59 Å². The normalized spacial score (nSPS) is 14.4. The summed E-state index contributed by atoms with van der Waals surface area (Å²) >= 11 is 1.36. The second-order valence-electron chi connectivity index (χ2n) is 6.56. The summed E-state index contributed by atoms with van der Waals surface area (Å²) in [5, 5.41) is 1.84. The summed E-state index contributed by atoms with van der Waals surface area (Å²) < 4.78 is 6.35. The summed E-state index contributed by atoms with van der Waals surface area (Å²) in [6, 6.07) is 9.71. The van der Waals surface area contributed by atoms with Gasteiger partial charge in [-0.1, -0.05) is 18.2 Å². The third-order valence-corrected chi connectivity index (χ3v) is 5.47. The van der Waals surface area contributed by atoms with E-state index in [1.54, 1.807) is 11.9 Å². The Labute approximate surface area is 160 Å². The number of carbonyl (C=O) groups is 1. The molecule has 8 heteroatoms. The Bertz CT molecular complexity index is 1030. The van der Waals surface area contributed by atoms with Crippen LogP contribution in [-0.2, 0) is 17.9 Å². The van der Waals surface area contributed by atoms with Gasteiger partial charge in [0, 0.05) is 25.7 Å². The molecule has 0 unspecified atom stereocenters. The SMILES string of the molecule is CN(Cc1nc2ccsc2c(=O)[nH]1)C(=O)CN1CCOc2ccccc2C1. The van der Waals surface area contributed by atoms with Gasteiger partial charge in [-0.25, -0.2) is 4.98 Å². The summed E-state index contributed by atoms with van der Waals surface area (Å²) in [5.74, 6) is 1.35. The van der Waals surface area contributed by atoms with E-state index < -0.39 is 0 Å². The van der Waals surface area contributed by atoms with Gasteiger partial charge in [0.15, 0.2) is 0 Å². The van der Waals surface area contributed by atoms with E-state index in [0.29, 0.717) is 42.3 Å². The van der Waals surface area contributed by atoms with Crippen LogP contribution in [0.25, 0.3) is 10.2 Å². The number of nitrogens with zero attached hydrogens (tertiary/aromatic N) is 3. The van der Waals surface area contributed by atoms with Crippen LogP contribution in [0.15, 0.2) is 40.5 Å². The number of para-hydroxylation sites is 1. The Balaban J connectivity index is 1.42. The molecule has 3 heterocycles. The zero-order valence-electron chi connectivity index (χ0n) is 15.0. The van der Waals surface area contributed by atoms with E-state index in [-0.39, 0.29) is 18.0 Å². The Hall–Kier alpha value is -2.71. The zero-order valence-corrected chi connectivity index (χ0v) is 15.8. The van der Waals surface area contributed by atoms with Gasteiger partial charge in [0.2, 0.25) is 5.91 Å². The van der Waals surface area contributed by atoms with Crippen molar-refractivity contribution < 1.29 is 9.53 Å². The van der Waals surface area contributed by atoms with Gasteiger partial charge in [0.1, 0.15) is 22.9 Å². The lowest BCUT2D eigenvalue weighted by Crippen LogP contribution is -2.39. The van der Waals surface area contributed by atoms with Crippen LogP contribution in [0.5, 0.6) is 5.75 Å². The van der Waals surface area contributed by atoms with Crippen molar-refractivity contribution in [3.05, 3.63) is 57.5 Å². The smallest absolute Gasteiger partial charge is 0.268 e. The number of hydrogen-bond donors (Lipinski definition) is 1. The van der Waals surface area contributed by atoms with Crippen molar-refractivity contribution in [3.8, 4) is 5.75 Å². The predicted octanol–water partition coefficient (Wildman–Crippen LogP) is 1.84. The molecule has 4 rings (SSSR count). The highest BCUT2D eigenvalue weighted by molar-refractivity contribution is 7.17. The Morgan fingerprint density at radius 3 is 3.11 bits per heavy atom. The summed E-state index contributed by atoms with van der Waals surface area (Å²) in [6.45, 7) is 2.47. The first kappa shape index (κ1) is 17.7. The van der Waals surface area contributed by atoms with Gasteiger partial charge >= 0.3 is 0 Å². The third-order valence-electron chi connectivity index (χ3n) is 4.57. The molecule has 27 heavy (non-hydrogen) atoms. The fourth-order valence-corrected chi connectivity index (χ4v) is 3.86. The number of nitrogens with one attached hydrogen (secondary N) is 1. The lowest BCUT2D eigenvalue weighted by atomic mass is 10.2. The molecular formula is C19H20N4O3S. The number of carbonyl (C=O) groups excluding carboxylic acids is 1. The van der Waals surface area contributed by atoms with E-state index in [0.717, 1.165) is 11.3 Å². The van der Waals surface area contributed by atoms with E-state index in [2.05, 4.69) is 14.9 Å². The minimum atomic E-state index is -0.160. The Kier molecular flexibility index (Phi) is 4.91. The van der Waals surface area contributed by atoms with E-state index in [4.69, 9.17) is 4.74 Å². The van der Waals surface area contributed by atoms with Gasteiger partial charge in [-0.05, 0) is 17.5 Å². The molecule has 0 aliphatic carbocycles. The zero-order chi connectivity index (χ0) is 18.8. The summed E-state index contributed by atoms with van der Waals surface area (Å²) in [7, 11) is 1.72. The quantitative estimate of drug-likeness (QED) is 0.743. The van der Waals surface area contributed by atoms with Crippen molar-refractivity contribution >= 4 is 27.5 Å². The van der Waals surface area contributed by atoms with E-state index >= 15 is 0 Å². The van der Waals surface area contributed by atoms with Crippen LogP contribution >= 0.6 is 11.3 Å². The molecule has 1 aromatic carbocycles. The van der Waals surface area contributed by atoms with E-state index in [1.165, 1.54) is 11.3 Å². The van der Waals surface area contributed by atoms with Crippen molar-refractivity contribution in [2.24, 2.45) is 0 Å². The number of aromatic nitrogens is 2. The summed E-state index contributed by atoms with van der Waals surface area (Å²) in [6.07, 6.45) is 0. The number of thiophene rings is 1. The highest BCUT2D eigenvalue weighted by atomic mass is 32.1. The highest BCUT2D eigenvalue weighted by Crippen LogP contribution is 2.22. The third kappa shape index (κ3) is 3.86. The average molecular weight is 384 g/mol. The fraction of sp³-hybridized carbons (Fsp3) is 0.316. The van der Waals surface area contributed by atoms with Gasteiger partial charge in [-0.3, -0.25) is 14.5 Å². The topological polar surface area (TPSA) is 78.5 Å². The lowest BCUT2D eigenvalue weighted by Gasteiger charge is -2.23. The second kappa shape index (κ2) is 7.50. The number of H-pyrrole nitrogens is 1. The number of hydrogen-bond acceptors (Lipinski definition) is 6. The molecule has 1 aliphatic rings. The molecule has 0 fully saturated rings. The van der Waals surface area contributed by atoms with Gasteiger partial charge in [-0.2, -0.15) is 0 Å². The number of amides is 1. The molecule has 0 radical (unpaired) electrons. The van der Waals surface area contributed by atoms with Crippen molar-refractivity contribution in [2.75, 3.05) is 26.7 Å². The maximum absolute atomic E-state index is 12.7. The number of fused-ring (bicyclic) bond motifs is 2. The van der Waals surface area contributed by atoms with Crippen LogP contribution in [0.4, 0.5) is 0 Å². The Morgan fingerprint density at radius 1 is 1.37 bits per heavy atom. The van der Waals surface area contributed by atoms with E-state index in [1.807, 2.05) is 35.7 Å². The second-order valence-corrected chi connectivity index (χ2v) is 7.48. The van der Waals surface area contributed by atoms with Gasteiger partial charge in [-0.15, -0.1) is 11.3 Å². The van der Waals surface area contributed by atoms with Crippen LogP contribution in [0, 0.1) is 0 Å². The maximum atomic E-state index is 12.7. The lowest BCUT2D eigenvalue weighted by molar-refractivity contribution is -0.131. The van der Waals surface area contributed by atoms with Crippen LogP contribution in [0.1, 0.15) is 11.4 Å². The number of aromatic amines is 1. The predicted molar refractivity (Wildman–Crippen MR) is 104 cm³/mol. The van der Waals surface area contributed by atoms with Crippen LogP contribution < -0.4 is 10.3 Å². The number of rotatable bonds is 4. The summed E-state index contributed by atoms with van der Waals surface area (Å²) in [4.78, 5) is 35.6. The molecule has 1 amide bonds. The van der Waals surface area contributed by atoms with Crippen molar-refractivity contribution in [1.29, 1.82) is 0 Å². The molecule has 0 atom stereocenters. The first-order valence-electron chi connectivity index (χ1n) is 8.73. The molecule has 7 nitrogen and oxygen atoms in total. The maximum Gasteiger partial charge on any atom is 0.268 e. The molecule has 0 saturated heterocycles. The molecule has 140 valence electrons. The largest absolute Gasteiger partial charge is 0.492 e. The number of benzene rings is 1. The molecule has 3 aromatic rings. The molecule has 0 bridgehead atoms. The standard InChI is InChI=1S/C19H20N4O3S/c1-22(11-16-20-14-6-9-27-18(14)19(25)21-16)17(24)12-23-7-8-26-15-5-3-2-4-13(15)10-23/h2-6,9H,7-8,10-12H2,1H3,(H,20,21,25). The molecular weight excluding hydrogens is 364 g/mol. The molecule has 0 spiro atoms. The van der Waals surface area contributed by atoms with Crippen molar-refractivity contribution in [1.82, 2.24) is 19.8 Å². The molecule has 2 aromatic heterocycles. The Morgan fingerprint density at radius 2 is 2.22 bits per heavy atom. The summed E-state index contributed by atoms with van der Waals surface area (Å²) in [5.41, 5.74) is 1.59. The van der Waals surface area contributed by atoms with Gasteiger partial charge in [0.05, 0.1) is 18.6 Å². The molecule has 1 N–H and O–H groups in total. The van der Waals surface area contributed by atoms with Gasteiger partial charge < -0.3 is 14.6 Å².